The molecule has 0 spiro atoms. The molecule has 1 fully saturated rings. The lowest BCUT2D eigenvalue weighted by Gasteiger charge is -2.27. The number of nitrogens with two attached hydrogens (primary N) is 1. The summed E-state index contributed by atoms with van der Waals surface area (Å²) in [7, 11) is 1.86. The fourth-order valence-corrected chi connectivity index (χ4v) is 3.09. The Morgan fingerprint density at radius 1 is 1.48 bits per heavy atom. The topological polar surface area (TPSA) is 46.3 Å². The Morgan fingerprint density at radius 2 is 2.19 bits per heavy atom. The highest BCUT2D eigenvalue weighted by atomic mass is 35.5. The van der Waals surface area contributed by atoms with Gasteiger partial charge in [0.15, 0.2) is 0 Å². The van der Waals surface area contributed by atoms with Gasteiger partial charge in [-0.2, -0.15) is 0 Å². The average Bonchev–Trinajstić information content (AvgIpc) is 2.82. The lowest BCUT2D eigenvalue weighted by Crippen LogP contribution is -2.34. The van der Waals surface area contributed by atoms with E-state index in [9.17, 15) is 4.79 Å². The lowest BCUT2D eigenvalue weighted by molar-refractivity contribution is -0.132. The van der Waals surface area contributed by atoms with E-state index in [2.05, 4.69) is 0 Å². The molecule has 2 rings (SSSR count). The summed E-state index contributed by atoms with van der Waals surface area (Å²) in [6, 6.07) is 7.89. The van der Waals surface area contributed by atoms with E-state index in [4.69, 9.17) is 17.3 Å². The van der Waals surface area contributed by atoms with Crippen molar-refractivity contribution in [2.24, 2.45) is 11.7 Å². The van der Waals surface area contributed by atoms with E-state index in [-0.39, 0.29) is 30.4 Å². The molecule has 0 radical (unpaired) electrons. The largest absolute Gasteiger partial charge is 0.339 e. The van der Waals surface area contributed by atoms with E-state index < -0.39 is 0 Å². The van der Waals surface area contributed by atoms with Crippen molar-refractivity contribution in [2.45, 2.75) is 44.7 Å². The second-order valence-electron chi connectivity index (χ2n) is 5.79. The van der Waals surface area contributed by atoms with Gasteiger partial charge in [0.1, 0.15) is 0 Å². The summed E-state index contributed by atoms with van der Waals surface area (Å²) in [6.45, 7) is 2.03. The third-order valence-corrected chi connectivity index (χ3v) is 4.70. The molecule has 0 heterocycles. The van der Waals surface area contributed by atoms with Gasteiger partial charge in [0.2, 0.25) is 5.91 Å². The van der Waals surface area contributed by atoms with Gasteiger partial charge in [-0.3, -0.25) is 4.79 Å². The Balaban J connectivity index is 0.00000220. The van der Waals surface area contributed by atoms with Gasteiger partial charge in [0.25, 0.3) is 0 Å². The Bertz CT molecular complexity index is 481. The molecule has 1 aliphatic rings. The predicted octanol–water partition coefficient (Wildman–Crippen LogP) is 3.80. The van der Waals surface area contributed by atoms with Crippen LogP contribution in [0.1, 0.15) is 44.2 Å². The molecule has 0 aromatic heterocycles. The highest BCUT2D eigenvalue weighted by Crippen LogP contribution is 2.29. The molecule has 0 aliphatic heterocycles. The monoisotopic (exact) mass is 330 g/mol. The molecule has 0 bridgehead atoms. The maximum Gasteiger partial charge on any atom is 0.223 e. The summed E-state index contributed by atoms with van der Waals surface area (Å²) in [5.41, 5.74) is 7.11. The Labute approximate surface area is 138 Å². The van der Waals surface area contributed by atoms with E-state index in [1.807, 2.05) is 38.2 Å². The first-order valence-electron chi connectivity index (χ1n) is 7.25. The molecule has 1 unspecified atom stereocenters. The van der Waals surface area contributed by atoms with E-state index in [0.717, 1.165) is 24.8 Å². The van der Waals surface area contributed by atoms with Crippen molar-refractivity contribution >= 4 is 29.9 Å². The van der Waals surface area contributed by atoms with Crippen LogP contribution in [-0.2, 0) is 4.79 Å². The van der Waals surface area contributed by atoms with E-state index in [1.165, 1.54) is 0 Å². The van der Waals surface area contributed by atoms with Crippen molar-refractivity contribution in [1.29, 1.82) is 0 Å². The first-order valence-corrected chi connectivity index (χ1v) is 7.63. The first-order chi connectivity index (χ1) is 9.49. The summed E-state index contributed by atoms with van der Waals surface area (Å²) in [4.78, 5) is 14.2. The predicted molar refractivity (Wildman–Crippen MR) is 89.8 cm³/mol. The molecule has 1 saturated carbocycles. The Kier molecular flexibility index (Phi) is 6.98. The number of carbonyl (C=O) groups is 1. The smallest absolute Gasteiger partial charge is 0.223 e. The zero-order chi connectivity index (χ0) is 14.7. The molecule has 3 atom stereocenters. The second-order valence-corrected chi connectivity index (χ2v) is 6.23. The van der Waals surface area contributed by atoms with Crippen LogP contribution in [0.15, 0.2) is 24.3 Å². The minimum Gasteiger partial charge on any atom is -0.339 e. The van der Waals surface area contributed by atoms with Gasteiger partial charge in [-0.1, -0.05) is 30.2 Å². The van der Waals surface area contributed by atoms with Crippen molar-refractivity contribution in [3.05, 3.63) is 34.9 Å². The van der Waals surface area contributed by atoms with Crippen LogP contribution in [0, 0.1) is 5.92 Å². The number of rotatable bonds is 4. The van der Waals surface area contributed by atoms with Crippen LogP contribution in [0.4, 0.5) is 0 Å². The molecule has 1 aliphatic carbocycles. The molecule has 1 amide bonds. The molecule has 118 valence electrons. The van der Waals surface area contributed by atoms with Crippen molar-refractivity contribution in [3.8, 4) is 0 Å². The van der Waals surface area contributed by atoms with Crippen LogP contribution < -0.4 is 5.73 Å². The van der Waals surface area contributed by atoms with Crippen LogP contribution >= 0.6 is 24.0 Å². The summed E-state index contributed by atoms with van der Waals surface area (Å²) < 4.78 is 0. The van der Waals surface area contributed by atoms with Gasteiger partial charge in [-0.15, -0.1) is 12.4 Å². The van der Waals surface area contributed by atoms with E-state index in [0.29, 0.717) is 17.4 Å². The van der Waals surface area contributed by atoms with Gasteiger partial charge in [0.05, 0.1) is 6.04 Å². The molecule has 0 saturated heterocycles. The fraction of sp³-hybridized carbons (Fsp3) is 0.562. The van der Waals surface area contributed by atoms with Crippen LogP contribution in [0.25, 0.3) is 0 Å². The number of halogens is 2. The number of hydrogen-bond acceptors (Lipinski definition) is 2. The molecule has 21 heavy (non-hydrogen) atoms. The van der Waals surface area contributed by atoms with Gasteiger partial charge < -0.3 is 10.6 Å². The van der Waals surface area contributed by atoms with Gasteiger partial charge in [-0.25, -0.2) is 0 Å². The number of hydrogen-bond donors (Lipinski definition) is 1. The third-order valence-electron chi connectivity index (χ3n) is 4.46. The molecule has 2 N–H and O–H groups in total. The fourth-order valence-electron chi connectivity index (χ4n) is 2.89. The van der Waals surface area contributed by atoms with Crippen LogP contribution in [-0.4, -0.2) is 23.9 Å². The maximum absolute atomic E-state index is 12.4. The summed E-state index contributed by atoms with van der Waals surface area (Å²) in [5.74, 6) is 0.510. The zero-order valence-electron chi connectivity index (χ0n) is 12.6. The standard InChI is InChI=1S/C16H23ClN2O.ClH/c1-11(12-5-3-7-14(17)9-12)19(2)16(20)10-13-6-4-8-15(13)18;/h3,5,7,9,11,13,15H,4,6,8,10,18H2,1-2H3;1H/t11?,13-,15+;/m0./s1. The van der Waals surface area contributed by atoms with Crippen molar-refractivity contribution < 1.29 is 4.79 Å². The summed E-state index contributed by atoms with van der Waals surface area (Å²) in [6.07, 6.45) is 3.83. The first kappa shape index (κ1) is 18.3. The Morgan fingerprint density at radius 3 is 2.76 bits per heavy atom. The number of nitrogens with zero attached hydrogens (tertiary/aromatic N) is 1. The van der Waals surface area contributed by atoms with E-state index >= 15 is 0 Å². The number of carbonyl (C=O) groups excluding carboxylic acids is 1. The highest BCUT2D eigenvalue weighted by molar-refractivity contribution is 6.30. The molecule has 1 aromatic rings. The Hall–Kier alpha value is -0.770. The zero-order valence-corrected chi connectivity index (χ0v) is 14.2. The molecule has 1 aromatic carbocycles. The lowest BCUT2D eigenvalue weighted by atomic mass is 9.98. The third kappa shape index (κ3) is 4.60. The minimum absolute atomic E-state index is 0. The second kappa shape index (κ2) is 8.02. The quantitative estimate of drug-likeness (QED) is 0.912. The molecular formula is C16H24Cl2N2O. The summed E-state index contributed by atoms with van der Waals surface area (Å²) >= 11 is 6.01. The highest BCUT2D eigenvalue weighted by Gasteiger charge is 2.28. The van der Waals surface area contributed by atoms with Crippen molar-refractivity contribution in [1.82, 2.24) is 4.90 Å². The number of amides is 1. The van der Waals surface area contributed by atoms with E-state index in [1.54, 1.807) is 4.90 Å². The average molecular weight is 331 g/mol. The van der Waals surface area contributed by atoms with Gasteiger partial charge in [0, 0.05) is 24.5 Å². The van der Waals surface area contributed by atoms with Crippen molar-refractivity contribution in [2.75, 3.05) is 7.05 Å². The maximum atomic E-state index is 12.4. The summed E-state index contributed by atoms with van der Waals surface area (Å²) in [5, 5.41) is 0.702. The molecule has 3 nitrogen and oxygen atoms in total. The van der Waals surface area contributed by atoms with Gasteiger partial charge >= 0.3 is 0 Å². The van der Waals surface area contributed by atoms with Gasteiger partial charge in [-0.05, 0) is 43.4 Å². The molecule has 5 heteroatoms. The minimum atomic E-state index is 0. The normalized spacial score (nSPS) is 22.5. The SMILES string of the molecule is CC(c1cccc(Cl)c1)N(C)C(=O)C[C@@H]1CCC[C@H]1N.Cl. The van der Waals surface area contributed by atoms with Crippen molar-refractivity contribution in [3.63, 3.8) is 0 Å². The molecular weight excluding hydrogens is 307 g/mol. The van der Waals surface area contributed by atoms with Crippen LogP contribution in [0.3, 0.4) is 0 Å². The number of benzene rings is 1. The van der Waals surface area contributed by atoms with Crippen LogP contribution in [0.2, 0.25) is 5.02 Å². The van der Waals surface area contributed by atoms with Crippen LogP contribution in [0.5, 0.6) is 0 Å².